The molecule has 0 aliphatic heterocycles. The molecule has 0 saturated carbocycles. The monoisotopic (exact) mass is 239 g/mol. The highest BCUT2D eigenvalue weighted by atomic mass is 19.1. The number of ether oxygens (including phenoxy) is 1. The van der Waals surface area contributed by atoms with Crippen molar-refractivity contribution in [1.29, 1.82) is 0 Å². The molecule has 0 aliphatic carbocycles. The van der Waals surface area contributed by atoms with Crippen molar-refractivity contribution in [3.8, 4) is 0 Å². The lowest BCUT2D eigenvalue weighted by Gasteiger charge is -2.21. The first kappa shape index (κ1) is 14.1. The predicted molar refractivity (Wildman–Crippen MR) is 68.1 cm³/mol. The fourth-order valence-corrected chi connectivity index (χ4v) is 1.55. The van der Waals surface area contributed by atoms with Crippen molar-refractivity contribution in [2.75, 3.05) is 13.2 Å². The smallest absolute Gasteiger partial charge is 0.128 e. The molecule has 0 heterocycles. The third-order valence-electron chi connectivity index (χ3n) is 2.91. The maximum absolute atomic E-state index is 13.2. The molecule has 0 aliphatic rings. The zero-order valence-corrected chi connectivity index (χ0v) is 10.7. The summed E-state index contributed by atoms with van der Waals surface area (Å²) in [6.07, 6.45) is 1.99. The minimum atomic E-state index is -0.199. The number of rotatable bonds is 7. The summed E-state index contributed by atoms with van der Waals surface area (Å²) in [5, 5.41) is 0. The molecule has 1 aromatic rings. The lowest BCUT2D eigenvalue weighted by Crippen LogP contribution is -2.23. The normalized spacial score (nSPS) is 11.8. The van der Waals surface area contributed by atoms with E-state index in [2.05, 4.69) is 13.8 Å². The van der Waals surface area contributed by atoms with Crippen LogP contribution in [0.2, 0.25) is 0 Å². The number of benzene rings is 1. The average Bonchev–Trinajstić information content (AvgIpc) is 2.31. The summed E-state index contributed by atoms with van der Waals surface area (Å²) < 4.78 is 18.7. The third kappa shape index (κ3) is 5.29. The van der Waals surface area contributed by atoms with E-state index in [4.69, 9.17) is 10.5 Å². The van der Waals surface area contributed by atoms with Crippen LogP contribution < -0.4 is 5.73 Å². The van der Waals surface area contributed by atoms with Crippen LogP contribution in [-0.4, -0.2) is 13.2 Å². The van der Waals surface area contributed by atoms with E-state index < -0.39 is 0 Å². The quantitative estimate of drug-likeness (QED) is 0.742. The van der Waals surface area contributed by atoms with E-state index in [9.17, 15) is 4.39 Å². The summed E-state index contributed by atoms with van der Waals surface area (Å²) in [5.74, 6) is -0.199. The van der Waals surface area contributed by atoms with E-state index in [1.165, 1.54) is 6.07 Å². The molecule has 3 heteroatoms. The summed E-state index contributed by atoms with van der Waals surface area (Å²) in [6, 6.07) is 6.71. The van der Waals surface area contributed by atoms with Gasteiger partial charge in [-0.05, 0) is 30.9 Å². The van der Waals surface area contributed by atoms with Crippen LogP contribution >= 0.6 is 0 Å². The van der Waals surface area contributed by atoms with Gasteiger partial charge < -0.3 is 10.5 Å². The van der Waals surface area contributed by atoms with Crippen molar-refractivity contribution in [2.45, 2.75) is 33.3 Å². The van der Waals surface area contributed by atoms with Crippen LogP contribution in [0.15, 0.2) is 24.3 Å². The predicted octanol–water partition coefficient (Wildman–Crippen LogP) is 3.11. The van der Waals surface area contributed by atoms with Gasteiger partial charge in [0.1, 0.15) is 5.82 Å². The Morgan fingerprint density at radius 3 is 2.65 bits per heavy atom. The van der Waals surface area contributed by atoms with Crippen molar-refractivity contribution < 1.29 is 9.13 Å². The molecule has 96 valence electrons. The van der Waals surface area contributed by atoms with Gasteiger partial charge in [0.05, 0.1) is 6.61 Å². The van der Waals surface area contributed by atoms with Crippen LogP contribution in [0, 0.1) is 11.2 Å². The van der Waals surface area contributed by atoms with Crippen LogP contribution in [0.5, 0.6) is 0 Å². The number of halogens is 1. The molecule has 1 rings (SSSR count). The Hall–Kier alpha value is -0.930. The Morgan fingerprint density at radius 1 is 1.29 bits per heavy atom. The second-order valence-corrected chi connectivity index (χ2v) is 5.12. The van der Waals surface area contributed by atoms with Gasteiger partial charge in [-0.2, -0.15) is 0 Å². The molecule has 0 spiro atoms. The summed E-state index contributed by atoms with van der Waals surface area (Å²) >= 11 is 0. The largest absolute Gasteiger partial charge is 0.377 e. The van der Waals surface area contributed by atoms with Crippen LogP contribution in [0.3, 0.4) is 0 Å². The summed E-state index contributed by atoms with van der Waals surface area (Å²) in [6.45, 7) is 5.96. The SMILES string of the molecule is CC(C)(CN)CCCOCc1ccccc1F. The fraction of sp³-hybridized carbons (Fsp3) is 0.571. The van der Waals surface area contributed by atoms with Gasteiger partial charge in [-0.15, -0.1) is 0 Å². The molecule has 0 radical (unpaired) electrons. The molecular weight excluding hydrogens is 217 g/mol. The lowest BCUT2D eigenvalue weighted by molar-refractivity contribution is 0.107. The Bertz CT molecular complexity index is 339. The van der Waals surface area contributed by atoms with E-state index in [0.717, 1.165) is 12.8 Å². The number of hydrogen-bond donors (Lipinski definition) is 1. The molecule has 0 bridgehead atoms. The molecule has 2 N–H and O–H groups in total. The van der Waals surface area contributed by atoms with E-state index >= 15 is 0 Å². The Labute approximate surface area is 103 Å². The fourth-order valence-electron chi connectivity index (χ4n) is 1.55. The van der Waals surface area contributed by atoms with Crippen molar-refractivity contribution in [3.05, 3.63) is 35.6 Å². The van der Waals surface area contributed by atoms with Crippen LogP contribution in [0.4, 0.5) is 4.39 Å². The average molecular weight is 239 g/mol. The van der Waals surface area contributed by atoms with Gasteiger partial charge in [0.15, 0.2) is 0 Å². The highest BCUT2D eigenvalue weighted by molar-refractivity contribution is 5.16. The molecule has 0 aromatic heterocycles. The molecular formula is C14H22FNO. The van der Waals surface area contributed by atoms with E-state index in [1.54, 1.807) is 12.1 Å². The minimum Gasteiger partial charge on any atom is -0.377 e. The van der Waals surface area contributed by atoms with Gasteiger partial charge in [-0.25, -0.2) is 4.39 Å². The molecule has 1 aromatic carbocycles. The summed E-state index contributed by atoms with van der Waals surface area (Å²) in [4.78, 5) is 0. The van der Waals surface area contributed by atoms with Crippen molar-refractivity contribution >= 4 is 0 Å². The lowest BCUT2D eigenvalue weighted by atomic mass is 9.88. The maximum atomic E-state index is 13.2. The van der Waals surface area contributed by atoms with Gasteiger partial charge in [-0.1, -0.05) is 32.0 Å². The molecule has 0 unspecified atom stereocenters. The van der Waals surface area contributed by atoms with Crippen LogP contribution in [0.1, 0.15) is 32.3 Å². The van der Waals surface area contributed by atoms with Crippen molar-refractivity contribution in [1.82, 2.24) is 0 Å². The molecule has 17 heavy (non-hydrogen) atoms. The molecule has 0 fully saturated rings. The number of hydrogen-bond acceptors (Lipinski definition) is 2. The Morgan fingerprint density at radius 2 is 2.00 bits per heavy atom. The van der Waals surface area contributed by atoms with Crippen molar-refractivity contribution in [3.63, 3.8) is 0 Å². The molecule has 0 amide bonds. The Kier molecular flexibility index (Phi) is 5.59. The van der Waals surface area contributed by atoms with E-state index in [-0.39, 0.29) is 11.2 Å². The standard InChI is InChI=1S/C14H22FNO/c1-14(2,11-16)8-5-9-17-10-12-6-3-4-7-13(12)15/h3-4,6-7H,5,8-11,16H2,1-2H3. The summed E-state index contributed by atoms with van der Waals surface area (Å²) in [5.41, 5.74) is 6.43. The van der Waals surface area contributed by atoms with E-state index in [0.29, 0.717) is 25.3 Å². The van der Waals surface area contributed by atoms with Crippen LogP contribution in [0.25, 0.3) is 0 Å². The van der Waals surface area contributed by atoms with Gasteiger partial charge in [-0.3, -0.25) is 0 Å². The maximum Gasteiger partial charge on any atom is 0.128 e. The van der Waals surface area contributed by atoms with Gasteiger partial charge in [0, 0.05) is 12.2 Å². The minimum absolute atomic E-state index is 0.168. The zero-order valence-electron chi connectivity index (χ0n) is 10.7. The first-order valence-corrected chi connectivity index (χ1v) is 6.06. The highest BCUT2D eigenvalue weighted by Crippen LogP contribution is 2.20. The van der Waals surface area contributed by atoms with Gasteiger partial charge in [0.25, 0.3) is 0 Å². The third-order valence-corrected chi connectivity index (χ3v) is 2.91. The molecule has 0 atom stereocenters. The van der Waals surface area contributed by atoms with Gasteiger partial charge >= 0.3 is 0 Å². The second-order valence-electron chi connectivity index (χ2n) is 5.12. The van der Waals surface area contributed by atoms with Crippen LogP contribution in [-0.2, 0) is 11.3 Å². The second kappa shape index (κ2) is 6.72. The van der Waals surface area contributed by atoms with Gasteiger partial charge in [0.2, 0.25) is 0 Å². The van der Waals surface area contributed by atoms with E-state index in [1.807, 2.05) is 6.07 Å². The molecule has 0 saturated heterocycles. The first-order chi connectivity index (χ1) is 8.05. The topological polar surface area (TPSA) is 35.2 Å². The summed E-state index contributed by atoms with van der Waals surface area (Å²) in [7, 11) is 0. The van der Waals surface area contributed by atoms with Crippen molar-refractivity contribution in [2.24, 2.45) is 11.1 Å². The first-order valence-electron chi connectivity index (χ1n) is 6.06. The zero-order chi connectivity index (χ0) is 12.7. The highest BCUT2D eigenvalue weighted by Gasteiger charge is 2.14. The Balaban J connectivity index is 2.19. The molecule has 2 nitrogen and oxygen atoms in total. The number of nitrogens with two attached hydrogens (primary N) is 1.